The molecule has 2 heterocycles. The number of sulfonamides is 1. The summed E-state index contributed by atoms with van der Waals surface area (Å²) in [5.41, 5.74) is 1.18. The van der Waals surface area contributed by atoms with Crippen LogP contribution in [0, 0.1) is 6.92 Å². The molecule has 0 saturated heterocycles. The standard InChI is InChI=1S/C20H19F3N6O4S/c1-12-25-18(27-29(12)11-13-4-3-5-16(10-13)34(30,31)24-2)19-26-17(28-33-19)14-6-8-15(9-7-14)32-20(21,22)23/h4,6-10,24H,3,5,11H2,1-2H3. The number of alkyl halides is 3. The molecule has 0 spiro atoms. The first-order chi connectivity index (χ1) is 16.0. The number of ether oxygens (including phenoxy) is 1. The van der Waals surface area contributed by atoms with Crippen LogP contribution in [0.15, 0.2) is 51.4 Å². The van der Waals surface area contributed by atoms with Gasteiger partial charge in [-0.15, -0.1) is 18.3 Å². The van der Waals surface area contributed by atoms with Crippen LogP contribution in [0.25, 0.3) is 23.1 Å². The van der Waals surface area contributed by atoms with Gasteiger partial charge < -0.3 is 9.26 Å². The van der Waals surface area contributed by atoms with Crippen molar-refractivity contribution in [3.8, 4) is 28.9 Å². The van der Waals surface area contributed by atoms with Crippen molar-refractivity contribution in [2.24, 2.45) is 0 Å². The molecule has 2 aromatic heterocycles. The lowest BCUT2D eigenvalue weighted by molar-refractivity contribution is -0.274. The summed E-state index contributed by atoms with van der Waals surface area (Å²) in [6, 6.07) is 5.02. The SMILES string of the molecule is CNS(=O)(=O)C1=CC(Cn2nc(-c3nc(-c4ccc(OC(F)(F)F)cc4)no3)nc2C)=CCC1. The molecule has 34 heavy (non-hydrogen) atoms. The molecule has 3 aromatic rings. The lowest BCUT2D eigenvalue weighted by Gasteiger charge is -2.14. The molecule has 0 atom stereocenters. The molecular formula is C20H19F3N6O4S. The maximum atomic E-state index is 12.3. The Morgan fingerprint density at radius 1 is 1.18 bits per heavy atom. The van der Waals surface area contributed by atoms with Crippen LogP contribution < -0.4 is 9.46 Å². The van der Waals surface area contributed by atoms with Crippen molar-refractivity contribution < 1.29 is 30.8 Å². The molecule has 180 valence electrons. The Bertz CT molecular complexity index is 1360. The molecule has 0 fully saturated rings. The summed E-state index contributed by atoms with van der Waals surface area (Å²) in [6.07, 6.45) is -0.222. The van der Waals surface area contributed by atoms with Gasteiger partial charge in [-0.3, -0.25) is 0 Å². The monoisotopic (exact) mass is 496 g/mol. The van der Waals surface area contributed by atoms with E-state index < -0.39 is 16.4 Å². The Balaban J connectivity index is 1.51. The van der Waals surface area contributed by atoms with Crippen LogP contribution in [-0.2, 0) is 16.6 Å². The number of benzene rings is 1. The van der Waals surface area contributed by atoms with Crippen LogP contribution >= 0.6 is 0 Å². The van der Waals surface area contributed by atoms with Crippen LogP contribution in [0.4, 0.5) is 13.2 Å². The summed E-state index contributed by atoms with van der Waals surface area (Å²) in [5.74, 6) is 0.507. The number of allylic oxidation sites excluding steroid dienone is 4. The first-order valence-corrected chi connectivity index (χ1v) is 11.5. The van der Waals surface area contributed by atoms with Gasteiger partial charge in [0.1, 0.15) is 11.6 Å². The van der Waals surface area contributed by atoms with E-state index in [2.05, 4.69) is 29.7 Å². The van der Waals surface area contributed by atoms with Crippen molar-refractivity contribution in [1.82, 2.24) is 29.6 Å². The third-order valence-electron chi connectivity index (χ3n) is 4.91. The van der Waals surface area contributed by atoms with Gasteiger partial charge in [0.2, 0.25) is 21.7 Å². The summed E-state index contributed by atoms with van der Waals surface area (Å²) < 4.78 is 74.1. The lowest BCUT2D eigenvalue weighted by Crippen LogP contribution is -2.21. The predicted octanol–water partition coefficient (Wildman–Crippen LogP) is 3.36. The molecule has 1 aliphatic carbocycles. The van der Waals surface area contributed by atoms with Gasteiger partial charge in [-0.1, -0.05) is 11.2 Å². The zero-order valence-corrected chi connectivity index (χ0v) is 18.8. The Morgan fingerprint density at radius 3 is 2.59 bits per heavy atom. The second-order valence-electron chi connectivity index (χ2n) is 7.27. The van der Waals surface area contributed by atoms with Gasteiger partial charge in [0, 0.05) is 5.56 Å². The molecule has 0 unspecified atom stereocenters. The minimum Gasteiger partial charge on any atom is -0.406 e. The van der Waals surface area contributed by atoms with Gasteiger partial charge in [0.15, 0.2) is 0 Å². The fraction of sp³-hybridized carbons (Fsp3) is 0.300. The van der Waals surface area contributed by atoms with Crippen LogP contribution in [0.3, 0.4) is 0 Å². The molecule has 0 saturated carbocycles. The second-order valence-corrected chi connectivity index (χ2v) is 9.21. The second kappa shape index (κ2) is 9.02. The topological polar surface area (TPSA) is 125 Å². The fourth-order valence-corrected chi connectivity index (χ4v) is 4.22. The first-order valence-electron chi connectivity index (χ1n) is 9.99. The minimum atomic E-state index is -4.78. The van der Waals surface area contributed by atoms with Crippen LogP contribution in [-0.4, -0.2) is 46.7 Å². The van der Waals surface area contributed by atoms with Crippen LogP contribution in [0.1, 0.15) is 18.7 Å². The summed E-state index contributed by atoms with van der Waals surface area (Å²) in [5, 5.41) is 8.21. The van der Waals surface area contributed by atoms with Crippen molar-refractivity contribution in [2.45, 2.75) is 32.7 Å². The molecule has 14 heteroatoms. The van der Waals surface area contributed by atoms with E-state index in [-0.39, 0.29) is 23.3 Å². The highest BCUT2D eigenvalue weighted by Crippen LogP contribution is 2.27. The average molecular weight is 496 g/mol. The molecule has 1 N–H and O–H groups in total. The van der Waals surface area contributed by atoms with Gasteiger partial charge >= 0.3 is 6.36 Å². The van der Waals surface area contributed by atoms with Crippen molar-refractivity contribution in [1.29, 1.82) is 0 Å². The number of aromatic nitrogens is 5. The number of nitrogens with one attached hydrogen (secondary N) is 1. The summed E-state index contributed by atoms with van der Waals surface area (Å²) in [7, 11) is -2.14. The highest BCUT2D eigenvalue weighted by molar-refractivity contribution is 7.93. The number of rotatable bonds is 7. The smallest absolute Gasteiger partial charge is 0.406 e. The molecule has 1 aliphatic rings. The van der Waals surface area contributed by atoms with Crippen molar-refractivity contribution in [3.05, 3.63) is 52.7 Å². The summed E-state index contributed by atoms with van der Waals surface area (Å²) in [6.45, 7) is 2.02. The van der Waals surface area contributed by atoms with Crippen LogP contribution in [0.5, 0.6) is 5.75 Å². The third kappa shape index (κ3) is 5.34. The van der Waals surface area contributed by atoms with E-state index >= 15 is 0 Å². The number of hydrogen-bond donors (Lipinski definition) is 1. The average Bonchev–Trinajstić information content (AvgIpc) is 3.41. The molecule has 0 amide bonds. The van der Waals surface area contributed by atoms with E-state index in [0.717, 1.165) is 17.7 Å². The molecule has 1 aromatic carbocycles. The van der Waals surface area contributed by atoms with Gasteiger partial charge in [0.05, 0.1) is 11.4 Å². The number of hydrogen-bond acceptors (Lipinski definition) is 8. The van der Waals surface area contributed by atoms with E-state index in [9.17, 15) is 21.6 Å². The normalized spacial score (nSPS) is 14.6. The van der Waals surface area contributed by atoms with E-state index in [1.807, 2.05) is 6.08 Å². The highest BCUT2D eigenvalue weighted by Gasteiger charge is 2.31. The van der Waals surface area contributed by atoms with E-state index in [4.69, 9.17) is 4.52 Å². The van der Waals surface area contributed by atoms with Gasteiger partial charge in [-0.25, -0.2) is 22.8 Å². The maximum absolute atomic E-state index is 12.3. The summed E-state index contributed by atoms with van der Waals surface area (Å²) in [4.78, 5) is 8.85. The molecular weight excluding hydrogens is 477 g/mol. The molecule has 10 nitrogen and oxygen atoms in total. The van der Waals surface area contributed by atoms with E-state index in [1.54, 1.807) is 17.7 Å². The largest absolute Gasteiger partial charge is 0.573 e. The molecule has 0 aliphatic heterocycles. The Kier molecular flexibility index (Phi) is 6.27. The number of nitrogens with zero attached hydrogens (tertiary/aromatic N) is 5. The van der Waals surface area contributed by atoms with Crippen molar-refractivity contribution >= 4 is 10.0 Å². The van der Waals surface area contributed by atoms with Crippen molar-refractivity contribution in [3.63, 3.8) is 0 Å². The molecule has 4 rings (SSSR count). The quantitative estimate of drug-likeness (QED) is 0.528. The molecule has 0 bridgehead atoms. The summed E-state index contributed by atoms with van der Waals surface area (Å²) >= 11 is 0. The zero-order valence-electron chi connectivity index (χ0n) is 18.0. The van der Waals surface area contributed by atoms with Gasteiger partial charge in [0.25, 0.3) is 5.89 Å². The first kappa shape index (κ1) is 23.6. The van der Waals surface area contributed by atoms with Gasteiger partial charge in [-0.2, -0.15) is 4.98 Å². The molecule has 0 radical (unpaired) electrons. The number of halogens is 3. The number of aryl methyl sites for hydroxylation is 1. The fourth-order valence-electron chi connectivity index (χ4n) is 3.26. The Hall–Kier alpha value is -3.52. The minimum absolute atomic E-state index is 0.0269. The van der Waals surface area contributed by atoms with Crippen molar-refractivity contribution in [2.75, 3.05) is 7.05 Å². The van der Waals surface area contributed by atoms with Gasteiger partial charge in [-0.05, 0) is 62.7 Å². The zero-order chi connectivity index (χ0) is 24.5. The Labute approximate surface area is 192 Å². The lowest BCUT2D eigenvalue weighted by atomic mass is 10.1. The predicted molar refractivity (Wildman–Crippen MR) is 114 cm³/mol. The third-order valence-corrected chi connectivity index (χ3v) is 6.46. The maximum Gasteiger partial charge on any atom is 0.573 e. The highest BCUT2D eigenvalue weighted by atomic mass is 32.2. The van der Waals surface area contributed by atoms with E-state index in [1.165, 1.54) is 19.2 Å². The van der Waals surface area contributed by atoms with Crippen LogP contribution in [0.2, 0.25) is 0 Å². The Morgan fingerprint density at radius 2 is 1.91 bits per heavy atom. The van der Waals surface area contributed by atoms with E-state index in [0.29, 0.717) is 35.7 Å².